The number of thiophene rings is 1. The topological polar surface area (TPSA) is 67.4 Å². The first-order valence-electron chi connectivity index (χ1n) is 7.47. The molecule has 1 aromatic rings. The van der Waals surface area contributed by atoms with Crippen molar-refractivity contribution >= 4 is 21.4 Å². The summed E-state index contributed by atoms with van der Waals surface area (Å²) in [6, 6.07) is 3.52. The highest BCUT2D eigenvalue weighted by Crippen LogP contribution is 2.21. The summed E-state index contributed by atoms with van der Waals surface area (Å²) in [6.45, 7) is 7.48. The number of unbranched alkanes of at least 4 members (excludes halogenated alkanes) is 1. The van der Waals surface area contributed by atoms with Gasteiger partial charge in [-0.25, -0.2) is 13.1 Å². The monoisotopic (exact) mass is 334 g/mol. The van der Waals surface area contributed by atoms with Crippen molar-refractivity contribution in [3.63, 3.8) is 0 Å². The maximum Gasteiger partial charge on any atom is 0.250 e. The molecule has 0 aliphatic rings. The van der Waals surface area contributed by atoms with Gasteiger partial charge in [-0.2, -0.15) is 0 Å². The molecule has 0 unspecified atom stereocenters. The van der Waals surface area contributed by atoms with Gasteiger partial charge in [0, 0.05) is 31.2 Å². The van der Waals surface area contributed by atoms with Gasteiger partial charge in [-0.1, -0.05) is 20.3 Å². The highest BCUT2D eigenvalue weighted by Gasteiger charge is 2.15. The van der Waals surface area contributed by atoms with E-state index in [1.165, 1.54) is 11.3 Å². The molecular weight excluding hydrogens is 308 g/mol. The van der Waals surface area contributed by atoms with Crippen LogP contribution in [-0.2, 0) is 21.3 Å². The summed E-state index contributed by atoms with van der Waals surface area (Å²) in [5.74, 6) is 0. The van der Waals surface area contributed by atoms with Gasteiger partial charge in [-0.05, 0) is 31.5 Å². The molecule has 0 bridgehead atoms. The van der Waals surface area contributed by atoms with Crippen LogP contribution in [0.5, 0.6) is 0 Å². The fraction of sp³-hybridized carbons (Fsp3) is 0.714. The minimum Gasteiger partial charge on any atom is -0.381 e. The maximum absolute atomic E-state index is 12.1. The van der Waals surface area contributed by atoms with E-state index in [2.05, 4.69) is 17.0 Å². The SMILES string of the molecule is CCCCOCCCNS(=O)(=O)c1ccc(CNCC)s1. The number of hydrogen-bond acceptors (Lipinski definition) is 5. The van der Waals surface area contributed by atoms with E-state index in [1.54, 1.807) is 6.07 Å². The summed E-state index contributed by atoms with van der Waals surface area (Å²) in [6.07, 6.45) is 2.86. The first-order chi connectivity index (χ1) is 10.1. The van der Waals surface area contributed by atoms with Crippen LogP contribution in [-0.4, -0.2) is 34.7 Å². The van der Waals surface area contributed by atoms with Crippen LogP contribution in [0.2, 0.25) is 0 Å². The van der Waals surface area contributed by atoms with E-state index >= 15 is 0 Å². The fourth-order valence-electron chi connectivity index (χ4n) is 1.65. The number of hydrogen-bond donors (Lipinski definition) is 2. The molecule has 1 aromatic heterocycles. The second-order valence-corrected chi connectivity index (χ2v) is 7.88. The lowest BCUT2D eigenvalue weighted by Gasteiger charge is -2.05. The average Bonchev–Trinajstić information content (AvgIpc) is 2.94. The predicted octanol–water partition coefficient (Wildman–Crippen LogP) is 2.34. The molecule has 21 heavy (non-hydrogen) atoms. The van der Waals surface area contributed by atoms with E-state index in [9.17, 15) is 8.42 Å². The molecule has 0 spiro atoms. The second kappa shape index (κ2) is 10.3. The van der Waals surface area contributed by atoms with Crippen LogP contribution >= 0.6 is 11.3 Å². The summed E-state index contributed by atoms with van der Waals surface area (Å²) in [7, 11) is -3.38. The van der Waals surface area contributed by atoms with Crippen molar-refractivity contribution in [2.45, 2.75) is 43.9 Å². The lowest BCUT2D eigenvalue weighted by atomic mass is 10.4. The largest absolute Gasteiger partial charge is 0.381 e. The molecule has 0 aliphatic carbocycles. The summed E-state index contributed by atoms with van der Waals surface area (Å²) >= 11 is 1.31. The zero-order valence-electron chi connectivity index (χ0n) is 12.9. The van der Waals surface area contributed by atoms with Crippen molar-refractivity contribution in [1.82, 2.24) is 10.0 Å². The fourth-order valence-corrected chi connectivity index (χ4v) is 4.09. The Balaban J connectivity index is 2.31. The highest BCUT2D eigenvalue weighted by molar-refractivity contribution is 7.91. The molecule has 5 nitrogen and oxygen atoms in total. The van der Waals surface area contributed by atoms with Gasteiger partial charge in [0.15, 0.2) is 0 Å². The van der Waals surface area contributed by atoms with Crippen molar-refractivity contribution in [3.8, 4) is 0 Å². The molecule has 1 rings (SSSR count). The van der Waals surface area contributed by atoms with Crippen LogP contribution in [0.4, 0.5) is 0 Å². The smallest absolute Gasteiger partial charge is 0.250 e. The van der Waals surface area contributed by atoms with E-state index in [-0.39, 0.29) is 0 Å². The molecule has 0 aliphatic heterocycles. The standard InChI is InChI=1S/C14H26N2O3S2/c1-3-5-10-19-11-6-9-16-21(17,18)14-8-7-13(20-14)12-15-4-2/h7-8,15-16H,3-6,9-12H2,1-2H3. The molecule has 7 heteroatoms. The van der Waals surface area contributed by atoms with Crippen molar-refractivity contribution in [2.24, 2.45) is 0 Å². The number of nitrogens with one attached hydrogen (secondary N) is 2. The molecule has 122 valence electrons. The first-order valence-corrected chi connectivity index (χ1v) is 9.77. The van der Waals surface area contributed by atoms with Gasteiger partial charge >= 0.3 is 0 Å². The Morgan fingerprint density at radius 2 is 1.95 bits per heavy atom. The zero-order chi connectivity index (χ0) is 15.6. The third-order valence-corrected chi connectivity index (χ3v) is 5.89. The molecule has 0 fully saturated rings. The third-order valence-electron chi connectivity index (χ3n) is 2.85. The predicted molar refractivity (Wildman–Crippen MR) is 87.2 cm³/mol. The van der Waals surface area contributed by atoms with E-state index in [4.69, 9.17) is 4.74 Å². The van der Waals surface area contributed by atoms with Crippen LogP contribution in [0, 0.1) is 0 Å². The Morgan fingerprint density at radius 3 is 2.67 bits per heavy atom. The normalized spacial score (nSPS) is 11.9. The molecular formula is C14H26N2O3S2. The molecule has 0 saturated carbocycles. The van der Waals surface area contributed by atoms with E-state index in [0.29, 0.717) is 30.3 Å². The zero-order valence-corrected chi connectivity index (χ0v) is 14.5. The van der Waals surface area contributed by atoms with Crippen molar-refractivity contribution in [2.75, 3.05) is 26.3 Å². The molecule has 0 atom stereocenters. The summed E-state index contributed by atoms with van der Waals surface area (Å²) in [4.78, 5) is 1.03. The molecule has 0 aromatic carbocycles. The van der Waals surface area contributed by atoms with Crippen LogP contribution in [0.15, 0.2) is 16.3 Å². The van der Waals surface area contributed by atoms with Gasteiger partial charge < -0.3 is 10.1 Å². The molecule has 0 amide bonds. The molecule has 2 N–H and O–H groups in total. The Labute approximate surface area is 132 Å². The Kier molecular flexibility index (Phi) is 9.10. The minimum absolute atomic E-state index is 0.377. The van der Waals surface area contributed by atoms with Crippen LogP contribution in [0.1, 0.15) is 38.0 Å². The van der Waals surface area contributed by atoms with Crippen LogP contribution < -0.4 is 10.0 Å². The van der Waals surface area contributed by atoms with Gasteiger partial charge in [0.1, 0.15) is 4.21 Å². The first kappa shape index (κ1) is 18.6. The van der Waals surface area contributed by atoms with Gasteiger partial charge in [0.25, 0.3) is 0 Å². The summed E-state index contributed by atoms with van der Waals surface area (Å²) < 4.78 is 32.6. The third kappa shape index (κ3) is 7.37. The molecule has 1 heterocycles. The van der Waals surface area contributed by atoms with E-state index in [0.717, 1.165) is 30.9 Å². The van der Waals surface area contributed by atoms with Crippen LogP contribution in [0.25, 0.3) is 0 Å². The Hall–Kier alpha value is -0.470. The van der Waals surface area contributed by atoms with Gasteiger partial charge in [-0.3, -0.25) is 0 Å². The Morgan fingerprint density at radius 1 is 1.19 bits per heavy atom. The number of sulfonamides is 1. The van der Waals surface area contributed by atoms with E-state index in [1.807, 2.05) is 13.0 Å². The quantitative estimate of drug-likeness (QED) is 0.576. The van der Waals surface area contributed by atoms with Crippen molar-refractivity contribution in [1.29, 1.82) is 0 Å². The number of rotatable bonds is 12. The van der Waals surface area contributed by atoms with Gasteiger partial charge in [0.05, 0.1) is 0 Å². The van der Waals surface area contributed by atoms with Crippen molar-refractivity contribution < 1.29 is 13.2 Å². The second-order valence-electron chi connectivity index (χ2n) is 4.72. The Bertz CT molecular complexity index is 486. The lowest BCUT2D eigenvalue weighted by molar-refractivity contribution is 0.130. The van der Waals surface area contributed by atoms with Gasteiger partial charge in [0.2, 0.25) is 10.0 Å². The minimum atomic E-state index is -3.38. The molecule has 0 saturated heterocycles. The molecule has 0 radical (unpaired) electrons. The highest BCUT2D eigenvalue weighted by atomic mass is 32.2. The van der Waals surface area contributed by atoms with E-state index < -0.39 is 10.0 Å². The summed E-state index contributed by atoms with van der Waals surface area (Å²) in [5.41, 5.74) is 0. The van der Waals surface area contributed by atoms with Crippen LogP contribution in [0.3, 0.4) is 0 Å². The average molecular weight is 335 g/mol. The number of ether oxygens (including phenoxy) is 1. The van der Waals surface area contributed by atoms with Gasteiger partial charge in [-0.15, -0.1) is 11.3 Å². The summed E-state index contributed by atoms with van der Waals surface area (Å²) in [5, 5.41) is 3.18. The maximum atomic E-state index is 12.1. The van der Waals surface area contributed by atoms with Crippen molar-refractivity contribution in [3.05, 3.63) is 17.0 Å². The lowest BCUT2D eigenvalue weighted by Crippen LogP contribution is -2.24.